The zero-order chi connectivity index (χ0) is 22.1. The molecule has 0 bridgehead atoms. The Kier molecular flexibility index (Phi) is 7.50. The predicted octanol–water partition coefficient (Wildman–Crippen LogP) is 5.81. The molecule has 0 spiro atoms. The average molecular weight is 412 g/mol. The Hall–Kier alpha value is -3.97. The number of hydrogen-bond acceptors (Lipinski definition) is 3. The minimum Gasteiger partial charge on any atom is -0.497 e. The van der Waals surface area contributed by atoms with E-state index in [0.717, 1.165) is 28.0 Å². The van der Waals surface area contributed by atoms with Gasteiger partial charge >= 0.3 is 6.09 Å². The lowest BCUT2D eigenvalue weighted by Crippen LogP contribution is -2.19. The van der Waals surface area contributed by atoms with E-state index in [1.165, 1.54) is 0 Å². The van der Waals surface area contributed by atoms with E-state index in [9.17, 15) is 4.79 Å². The van der Waals surface area contributed by atoms with E-state index in [1.807, 2.05) is 85.8 Å². The predicted molar refractivity (Wildman–Crippen MR) is 123 cm³/mol. The molecule has 0 aliphatic carbocycles. The van der Waals surface area contributed by atoms with E-state index in [0.29, 0.717) is 0 Å². The van der Waals surface area contributed by atoms with Gasteiger partial charge in [-0.05, 0) is 54.4 Å². The number of alkyl carbamates (subject to hydrolysis) is 1. The van der Waals surface area contributed by atoms with E-state index >= 15 is 0 Å². The van der Waals surface area contributed by atoms with Gasteiger partial charge in [-0.15, -0.1) is 6.58 Å². The number of rotatable bonds is 3. The molecule has 1 aliphatic heterocycles. The number of cyclic esters (lactones) is 1. The largest absolute Gasteiger partial charge is 0.497 e. The standard InChI is InChI=1S/C24H19NO3.C3H6/c1-27-21-12-6-11-20(16-21)23-22(25-24(26)28-23)19-10-5-9-18(15-19)14-13-17-7-3-2-4-8-17;1-3-2/h2-12,15-16,22-23H,1H3,(H,25,26);3H,1H2,2H3/t22-,23+;/m1./s1. The van der Waals surface area contributed by atoms with E-state index in [2.05, 4.69) is 23.7 Å². The molecule has 4 heteroatoms. The van der Waals surface area contributed by atoms with Crippen LogP contribution in [-0.2, 0) is 4.74 Å². The summed E-state index contributed by atoms with van der Waals surface area (Å²) < 4.78 is 10.8. The van der Waals surface area contributed by atoms with Crippen LogP contribution in [0.4, 0.5) is 4.79 Å². The summed E-state index contributed by atoms with van der Waals surface area (Å²) >= 11 is 0. The Labute approximate surface area is 183 Å². The SMILES string of the molecule is C=CC.COc1cccc([C@@H]2OC(=O)N[C@@H]2c2cccc(C#Cc3ccccc3)c2)c1. The second-order valence-electron chi connectivity index (χ2n) is 6.87. The van der Waals surface area contributed by atoms with Crippen molar-refractivity contribution in [2.75, 3.05) is 7.11 Å². The molecule has 3 aromatic rings. The van der Waals surface area contributed by atoms with Crippen LogP contribution in [-0.4, -0.2) is 13.2 Å². The van der Waals surface area contributed by atoms with Gasteiger partial charge in [-0.1, -0.05) is 60.4 Å². The molecule has 4 rings (SSSR count). The van der Waals surface area contributed by atoms with Crippen molar-refractivity contribution in [2.45, 2.75) is 19.1 Å². The van der Waals surface area contributed by atoms with Gasteiger partial charge in [0.05, 0.1) is 13.2 Å². The second kappa shape index (κ2) is 10.7. The van der Waals surface area contributed by atoms with Crippen LogP contribution in [0.5, 0.6) is 5.75 Å². The van der Waals surface area contributed by atoms with E-state index in [4.69, 9.17) is 9.47 Å². The highest BCUT2D eigenvalue weighted by Crippen LogP contribution is 2.37. The Balaban J connectivity index is 0.000000858. The number of hydrogen-bond donors (Lipinski definition) is 1. The third kappa shape index (κ3) is 5.77. The second-order valence-corrected chi connectivity index (χ2v) is 6.87. The third-order valence-corrected chi connectivity index (χ3v) is 4.60. The average Bonchev–Trinajstić information content (AvgIpc) is 3.21. The number of benzene rings is 3. The molecule has 2 atom stereocenters. The monoisotopic (exact) mass is 411 g/mol. The third-order valence-electron chi connectivity index (χ3n) is 4.60. The Morgan fingerprint density at radius 3 is 2.32 bits per heavy atom. The number of methoxy groups -OCH3 is 1. The highest BCUT2D eigenvalue weighted by atomic mass is 16.6. The molecular weight excluding hydrogens is 386 g/mol. The first-order valence-electron chi connectivity index (χ1n) is 9.99. The molecule has 3 aromatic carbocycles. The van der Waals surface area contributed by atoms with Crippen LogP contribution >= 0.6 is 0 Å². The van der Waals surface area contributed by atoms with Crippen LogP contribution in [0.25, 0.3) is 0 Å². The molecule has 31 heavy (non-hydrogen) atoms. The van der Waals surface area contributed by atoms with Crippen molar-refractivity contribution >= 4 is 6.09 Å². The Morgan fingerprint density at radius 1 is 0.935 bits per heavy atom. The number of carbonyl (C=O) groups excluding carboxylic acids is 1. The van der Waals surface area contributed by atoms with Crippen LogP contribution in [0.15, 0.2) is 91.5 Å². The number of nitrogens with one attached hydrogen (secondary N) is 1. The van der Waals surface area contributed by atoms with Crippen LogP contribution in [0.3, 0.4) is 0 Å². The van der Waals surface area contributed by atoms with Crippen molar-refractivity contribution in [1.29, 1.82) is 0 Å². The highest BCUT2D eigenvalue weighted by Gasteiger charge is 2.36. The van der Waals surface area contributed by atoms with Gasteiger partial charge in [0.1, 0.15) is 5.75 Å². The van der Waals surface area contributed by atoms with Crippen molar-refractivity contribution in [1.82, 2.24) is 5.32 Å². The highest BCUT2D eigenvalue weighted by molar-refractivity contribution is 5.71. The minimum atomic E-state index is -0.432. The van der Waals surface area contributed by atoms with Crippen molar-refractivity contribution in [3.05, 3.63) is 114 Å². The molecule has 1 amide bonds. The molecule has 156 valence electrons. The smallest absolute Gasteiger partial charge is 0.408 e. The molecule has 1 heterocycles. The summed E-state index contributed by atoms with van der Waals surface area (Å²) in [6, 6.07) is 25.0. The van der Waals surface area contributed by atoms with Gasteiger partial charge in [-0.2, -0.15) is 0 Å². The molecule has 0 saturated carbocycles. The Morgan fingerprint density at radius 2 is 1.58 bits per heavy atom. The molecule has 0 radical (unpaired) electrons. The van der Waals surface area contributed by atoms with Gasteiger partial charge in [-0.3, -0.25) is 0 Å². The van der Waals surface area contributed by atoms with Gasteiger partial charge in [0, 0.05) is 11.1 Å². The summed E-state index contributed by atoms with van der Waals surface area (Å²) in [6.07, 6.45) is 0.888. The Bertz CT molecular complexity index is 1100. The fraction of sp³-hybridized carbons (Fsp3) is 0.148. The lowest BCUT2D eigenvalue weighted by atomic mass is 9.95. The molecule has 1 N–H and O–H groups in total. The number of allylic oxidation sites excluding steroid dienone is 1. The summed E-state index contributed by atoms with van der Waals surface area (Å²) in [4.78, 5) is 12.0. The first kappa shape index (κ1) is 21.7. The van der Waals surface area contributed by atoms with Crippen molar-refractivity contribution < 1.29 is 14.3 Å². The maximum atomic E-state index is 12.0. The van der Waals surface area contributed by atoms with Crippen LogP contribution in [0.2, 0.25) is 0 Å². The first-order valence-corrected chi connectivity index (χ1v) is 9.99. The van der Waals surface area contributed by atoms with Crippen molar-refractivity contribution in [3.8, 4) is 17.6 Å². The first-order chi connectivity index (χ1) is 15.1. The molecule has 1 aliphatic rings. The molecule has 1 saturated heterocycles. The number of amides is 1. The number of carbonyl (C=O) groups is 1. The van der Waals surface area contributed by atoms with Crippen molar-refractivity contribution in [3.63, 3.8) is 0 Å². The minimum absolute atomic E-state index is 0.293. The molecule has 0 aromatic heterocycles. The molecule has 0 unspecified atom stereocenters. The fourth-order valence-electron chi connectivity index (χ4n) is 3.23. The van der Waals surface area contributed by atoms with Gasteiger partial charge in [0.15, 0.2) is 6.10 Å². The number of ether oxygens (including phenoxy) is 2. The summed E-state index contributed by atoms with van der Waals surface area (Å²) in [5.41, 5.74) is 3.66. The topological polar surface area (TPSA) is 47.6 Å². The molecule has 1 fully saturated rings. The van der Waals surface area contributed by atoms with Gasteiger partial charge < -0.3 is 14.8 Å². The van der Waals surface area contributed by atoms with Crippen LogP contribution in [0.1, 0.15) is 41.3 Å². The van der Waals surface area contributed by atoms with Crippen molar-refractivity contribution in [2.24, 2.45) is 0 Å². The maximum absolute atomic E-state index is 12.0. The van der Waals surface area contributed by atoms with Gasteiger partial charge in [0.25, 0.3) is 0 Å². The zero-order valence-corrected chi connectivity index (χ0v) is 17.7. The van der Waals surface area contributed by atoms with E-state index in [-0.39, 0.29) is 6.04 Å². The lowest BCUT2D eigenvalue weighted by Gasteiger charge is -2.18. The fourth-order valence-corrected chi connectivity index (χ4v) is 3.23. The van der Waals surface area contributed by atoms with Crippen LogP contribution < -0.4 is 10.1 Å². The van der Waals surface area contributed by atoms with E-state index in [1.54, 1.807) is 13.2 Å². The molecule has 4 nitrogen and oxygen atoms in total. The summed E-state index contributed by atoms with van der Waals surface area (Å²) in [5, 5.41) is 2.91. The molecular formula is C27H25NO3. The van der Waals surface area contributed by atoms with Crippen LogP contribution in [0, 0.1) is 11.8 Å². The van der Waals surface area contributed by atoms with Gasteiger partial charge in [-0.25, -0.2) is 4.79 Å². The van der Waals surface area contributed by atoms with E-state index < -0.39 is 12.2 Å². The summed E-state index contributed by atoms with van der Waals surface area (Å²) in [7, 11) is 1.62. The zero-order valence-electron chi connectivity index (χ0n) is 17.7. The summed E-state index contributed by atoms with van der Waals surface area (Å²) in [5.74, 6) is 7.07. The normalized spacial score (nSPS) is 16.5. The maximum Gasteiger partial charge on any atom is 0.408 e. The lowest BCUT2D eigenvalue weighted by molar-refractivity contribution is 0.132. The summed E-state index contributed by atoms with van der Waals surface area (Å²) in [6.45, 7) is 5.25. The quantitative estimate of drug-likeness (QED) is 0.437. The van der Waals surface area contributed by atoms with Gasteiger partial charge in [0.2, 0.25) is 0 Å².